The fraction of sp³-hybridized carbons (Fsp3) is 0.733. The van der Waals surface area contributed by atoms with E-state index in [1.807, 2.05) is 16.9 Å². The molecule has 1 heterocycles. The third-order valence-corrected chi connectivity index (χ3v) is 4.23. The Bertz CT molecular complexity index is 427. The van der Waals surface area contributed by atoms with E-state index in [9.17, 15) is 4.79 Å². The van der Waals surface area contributed by atoms with E-state index in [-0.39, 0.29) is 12.0 Å². The second-order valence-electron chi connectivity index (χ2n) is 5.81. The average Bonchev–Trinajstić information content (AvgIpc) is 2.86. The molecule has 1 aromatic rings. The lowest BCUT2D eigenvalue weighted by Gasteiger charge is -2.25. The maximum Gasteiger partial charge on any atom is 0.142 e. The van der Waals surface area contributed by atoms with Gasteiger partial charge in [-0.05, 0) is 38.7 Å². The Kier molecular flexibility index (Phi) is 4.75. The minimum Gasteiger partial charge on any atom is -0.328 e. The number of hydrogen-bond donors (Lipinski definition) is 1. The predicted octanol–water partition coefficient (Wildman–Crippen LogP) is 2.48. The molecule has 1 aromatic heterocycles. The summed E-state index contributed by atoms with van der Waals surface area (Å²) < 4.78 is 1.95. The maximum atomic E-state index is 12.3. The zero-order valence-corrected chi connectivity index (χ0v) is 12.0. The first-order valence-corrected chi connectivity index (χ1v) is 7.42. The van der Waals surface area contributed by atoms with Gasteiger partial charge >= 0.3 is 0 Å². The van der Waals surface area contributed by atoms with Gasteiger partial charge in [0, 0.05) is 24.2 Å². The minimum atomic E-state index is 0.150. The molecular weight excluding hydrogens is 238 g/mol. The van der Waals surface area contributed by atoms with Gasteiger partial charge in [0.15, 0.2) is 0 Å². The van der Waals surface area contributed by atoms with Crippen LogP contribution in [0, 0.1) is 5.92 Å². The van der Waals surface area contributed by atoms with Gasteiger partial charge in [-0.1, -0.05) is 13.3 Å². The molecule has 1 saturated carbocycles. The summed E-state index contributed by atoms with van der Waals surface area (Å²) in [7, 11) is 0. The molecule has 0 aliphatic heterocycles. The molecule has 0 saturated heterocycles. The van der Waals surface area contributed by atoms with Crippen molar-refractivity contribution >= 4 is 5.78 Å². The summed E-state index contributed by atoms with van der Waals surface area (Å²) in [5, 5.41) is 4.50. The zero-order valence-electron chi connectivity index (χ0n) is 12.0. The van der Waals surface area contributed by atoms with Gasteiger partial charge in [-0.2, -0.15) is 5.10 Å². The highest BCUT2D eigenvalue weighted by Crippen LogP contribution is 2.25. The van der Waals surface area contributed by atoms with Crippen molar-refractivity contribution in [3.8, 4) is 0 Å². The van der Waals surface area contributed by atoms with Crippen LogP contribution in [0.4, 0.5) is 0 Å². The monoisotopic (exact) mass is 263 g/mol. The smallest absolute Gasteiger partial charge is 0.142 e. The second-order valence-corrected chi connectivity index (χ2v) is 5.81. The van der Waals surface area contributed by atoms with Gasteiger partial charge in [-0.25, -0.2) is 0 Å². The summed E-state index contributed by atoms with van der Waals surface area (Å²) in [5.74, 6) is 0.460. The van der Waals surface area contributed by atoms with Crippen LogP contribution in [0.3, 0.4) is 0 Å². The highest BCUT2D eigenvalue weighted by molar-refractivity contribution is 5.83. The minimum absolute atomic E-state index is 0.150. The molecule has 3 unspecified atom stereocenters. The van der Waals surface area contributed by atoms with E-state index in [0.29, 0.717) is 18.2 Å². The zero-order chi connectivity index (χ0) is 13.8. The van der Waals surface area contributed by atoms with Crippen molar-refractivity contribution < 1.29 is 4.79 Å². The first-order chi connectivity index (χ1) is 9.10. The molecule has 0 amide bonds. The molecule has 2 N–H and O–H groups in total. The van der Waals surface area contributed by atoms with Crippen molar-refractivity contribution in [2.75, 3.05) is 0 Å². The number of nitrogens with two attached hydrogens (primary N) is 1. The highest BCUT2D eigenvalue weighted by atomic mass is 16.1. The third kappa shape index (κ3) is 3.66. The number of aromatic nitrogens is 2. The summed E-state index contributed by atoms with van der Waals surface area (Å²) in [6.45, 7) is 4.28. The number of nitrogens with zero attached hydrogens (tertiary/aromatic N) is 2. The normalized spacial score (nSPS) is 25.2. The van der Waals surface area contributed by atoms with E-state index < -0.39 is 0 Å². The SMILES string of the molecule is CCC(C)n1ccc(CC(=O)C2CCCC(N)C2)n1. The van der Waals surface area contributed by atoms with Crippen molar-refractivity contribution in [2.24, 2.45) is 11.7 Å². The quantitative estimate of drug-likeness (QED) is 0.887. The molecule has 2 rings (SSSR count). The van der Waals surface area contributed by atoms with Crippen molar-refractivity contribution in [1.29, 1.82) is 0 Å². The molecule has 1 fully saturated rings. The van der Waals surface area contributed by atoms with E-state index in [1.165, 1.54) is 0 Å². The first-order valence-electron chi connectivity index (χ1n) is 7.42. The summed E-state index contributed by atoms with van der Waals surface area (Å²) in [5.41, 5.74) is 6.84. The summed E-state index contributed by atoms with van der Waals surface area (Å²) in [6.07, 6.45) is 7.48. The Morgan fingerprint density at radius 2 is 2.37 bits per heavy atom. The summed E-state index contributed by atoms with van der Waals surface area (Å²) in [6, 6.07) is 2.57. The number of Topliss-reactive ketones (excluding diaryl/α,β-unsaturated/α-hetero) is 1. The van der Waals surface area contributed by atoms with E-state index in [4.69, 9.17) is 5.73 Å². The van der Waals surface area contributed by atoms with Crippen molar-refractivity contribution in [3.05, 3.63) is 18.0 Å². The molecule has 3 atom stereocenters. The van der Waals surface area contributed by atoms with Gasteiger partial charge in [0.2, 0.25) is 0 Å². The van der Waals surface area contributed by atoms with Gasteiger partial charge in [-0.3, -0.25) is 9.48 Å². The van der Waals surface area contributed by atoms with Crippen LogP contribution in [0.1, 0.15) is 57.7 Å². The Morgan fingerprint density at radius 1 is 1.58 bits per heavy atom. The first kappa shape index (κ1) is 14.3. The third-order valence-electron chi connectivity index (χ3n) is 4.23. The summed E-state index contributed by atoms with van der Waals surface area (Å²) >= 11 is 0. The van der Waals surface area contributed by atoms with Crippen LogP contribution >= 0.6 is 0 Å². The largest absolute Gasteiger partial charge is 0.328 e. The Morgan fingerprint density at radius 3 is 3.05 bits per heavy atom. The van der Waals surface area contributed by atoms with Crippen LogP contribution in [0.25, 0.3) is 0 Å². The fourth-order valence-electron chi connectivity index (χ4n) is 2.75. The Labute approximate surface area is 115 Å². The van der Waals surface area contributed by atoms with E-state index >= 15 is 0 Å². The second kappa shape index (κ2) is 6.33. The summed E-state index contributed by atoms with van der Waals surface area (Å²) in [4.78, 5) is 12.3. The van der Waals surface area contributed by atoms with Gasteiger partial charge in [-0.15, -0.1) is 0 Å². The Balaban J connectivity index is 1.93. The number of rotatable bonds is 5. The lowest BCUT2D eigenvalue weighted by molar-refractivity contribution is -0.123. The van der Waals surface area contributed by atoms with E-state index in [0.717, 1.165) is 37.8 Å². The van der Waals surface area contributed by atoms with Gasteiger partial charge in [0.1, 0.15) is 5.78 Å². The van der Waals surface area contributed by atoms with Crippen LogP contribution in [-0.4, -0.2) is 21.6 Å². The van der Waals surface area contributed by atoms with Crippen molar-refractivity contribution in [1.82, 2.24) is 9.78 Å². The number of carbonyl (C=O) groups excluding carboxylic acids is 1. The number of ketones is 1. The molecular formula is C15H25N3O. The maximum absolute atomic E-state index is 12.3. The highest BCUT2D eigenvalue weighted by Gasteiger charge is 2.25. The molecule has 0 bridgehead atoms. The van der Waals surface area contributed by atoms with Crippen LogP contribution in [0.2, 0.25) is 0 Å². The lowest BCUT2D eigenvalue weighted by Crippen LogP contribution is -2.32. The molecule has 0 spiro atoms. The van der Waals surface area contributed by atoms with Gasteiger partial charge in [0.25, 0.3) is 0 Å². The molecule has 0 aromatic carbocycles. The molecule has 19 heavy (non-hydrogen) atoms. The number of hydrogen-bond acceptors (Lipinski definition) is 3. The van der Waals surface area contributed by atoms with E-state index in [2.05, 4.69) is 18.9 Å². The van der Waals surface area contributed by atoms with Crippen LogP contribution < -0.4 is 5.73 Å². The van der Waals surface area contributed by atoms with E-state index in [1.54, 1.807) is 0 Å². The predicted molar refractivity (Wildman–Crippen MR) is 75.9 cm³/mol. The van der Waals surface area contributed by atoms with Crippen LogP contribution in [0.5, 0.6) is 0 Å². The van der Waals surface area contributed by atoms with Crippen LogP contribution in [0.15, 0.2) is 12.3 Å². The standard InChI is InChI=1S/C15H25N3O/c1-3-11(2)18-8-7-14(17-18)10-15(19)12-5-4-6-13(16)9-12/h7-8,11-13H,3-6,9-10,16H2,1-2H3. The van der Waals surface area contributed by atoms with Gasteiger partial charge < -0.3 is 5.73 Å². The van der Waals surface area contributed by atoms with Crippen LogP contribution in [-0.2, 0) is 11.2 Å². The van der Waals surface area contributed by atoms with Gasteiger partial charge in [0.05, 0.1) is 12.1 Å². The topological polar surface area (TPSA) is 60.9 Å². The van der Waals surface area contributed by atoms with Crippen molar-refractivity contribution in [2.45, 2.75) is 64.5 Å². The molecule has 0 radical (unpaired) electrons. The molecule has 1 aliphatic rings. The molecule has 1 aliphatic carbocycles. The average molecular weight is 263 g/mol. The number of carbonyl (C=O) groups is 1. The van der Waals surface area contributed by atoms with Crippen molar-refractivity contribution in [3.63, 3.8) is 0 Å². The fourth-order valence-corrected chi connectivity index (χ4v) is 2.75. The Hall–Kier alpha value is -1.16. The lowest BCUT2D eigenvalue weighted by atomic mass is 9.82. The molecule has 4 nitrogen and oxygen atoms in total. The molecule has 4 heteroatoms. The molecule has 106 valence electrons.